The zero-order valence-corrected chi connectivity index (χ0v) is 12.5. The Labute approximate surface area is 126 Å². The second-order valence-corrected chi connectivity index (χ2v) is 5.24. The summed E-state index contributed by atoms with van der Waals surface area (Å²) in [6.45, 7) is 9.37. The van der Waals surface area contributed by atoms with Gasteiger partial charge in [0.05, 0.1) is 18.2 Å². The lowest BCUT2D eigenvalue weighted by Crippen LogP contribution is -1.88. The topological polar surface area (TPSA) is 28.1 Å². The van der Waals surface area contributed by atoms with Crippen molar-refractivity contribution in [2.45, 2.75) is 6.92 Å². The Morgan fingerprint density at radius 3 is 2.10 bits per heavy atom. The van der Waals surface area contributed by atoms with Gasteiger partial charge in [-0.15, -0.1) is 0 Å². The SMILES string of the molecule is [C-]#[N+]/C(=C(\C#N)c1ccc(Br)cc1)c1ccc(C)cc1. The van der Waals surface area contributed by atoms with Crippen LogP contribution >= 0.6 is 15.9 Å². The molecule has 0 aliphatic rings. The highest BCUT2D eigenvalue weighted by Gasteiger charge is 2.11. The van der Waals surface area contributed by atoms with E-state index >= 15 is 0 Å². The summed E-state index contributed by atoms with van der Waals surface area (Å²) in [4.78, 5) is 3.55. The molecule has 0 N–H and O–H groups in total. The molecule has 96 valence electrons. The maximum atomic E-state index is 9.40. The fraction of sp³-hybridized carbons (Fsp3) is 0.0588. The van der Waals surface area contributed by atoms with Gasteiger partial charge in [-0.05, 0) is 30.2 Å². The molecule has 2 aromatic rings. The third kappa shape index (κ3) is 2.96. The Balaban J connectivity index is 2.60. The summed E-state index contributed by atoms with van der Waals surface area (Å²) >= 11 is 3.36. The molecule has 2 nitrogen and oxygen atoms in total. The zero-order chi connectivity index (χ0) is 14.5. The van der Waals surface area contributed by atoms with Gasteiger partial charge >= 0.3 is 0 Å². The lowest BCUT2D eigenvalue weighted by molar-refractivity contribution is 1.45. The Hall–Kier alpha value is -2.36. The van der Waals surface area contributed by atoms with Crippen LogP contribution in [0.5, 0.6) is 0 Å². The molecule has 0 amide bonds. The van der Waals surface area contributed by atoms with Gasteiger partial charge in [0.2, 0.25) is 5.70 Å². The molecule has 0 radical (unpaired) electrons. The lowest BCUT2D eigenvalue weighted by Gasteiger charge is -2.05. The van der Waals surface area contributed by atoms with Crippen LogP contribution in [-0.2, 0) is 0 Å². The summed E-state index contributed by atoms with van der Waals surface area (Å²) in [7, 11) is 0. The molecule has 2 rings (SSSR count). The Kier molecular flexibility index (Phi) is 4.35. The molecule has 0 fully saturated rings. The van der Waals surface area contributed by atoms with Gasteiger partial charge in [0, 0.05) is 4.47 Å². The molecule has 0 unspecified atom stereocenters. The van der Waals surface area contributed by atoms with Crippen molar-refractivity contribution in [2.75, 3.05) is 0 Å². The van der Waals surface area contributed by atoms with Crippen molar-refractivity contribution >= 4 is 27.2 Å². The van der Waals surface area contributed by atoms with Crippen LogP contribution in [0.1, 0.15) is 16.7 Å². The summed E-state index contributed by atoms with van der Waals surface area (Å²) in [5, 5.41) is 9.40. The van der Waals surface area contributed by atoms with E-state index in [2.05, 4.69) is 26.8 Å². The van der Waals surface area contributed by atoms with E-state index in [1.54, 1.807) is 0 Å². The number of aryl methyl sites for hydroxylation is 1. The minimum Gasteiger partial charge on any atom is -0.236 e. The summed E-state index contributed by atoms with van der Waals surface area (Å²) in [5.41, 5.74) is 3.43. The average molecular weight is 323 g/mol. The molecule has 3 heteroatoms. The Bertz CT molecular complexity index is 661. The highest BCUT2D eigenvalue weighted by atomic mass is 79.9. The molecule has 0 saturated heterocycles. The second-order valence-electron chi connectivity index (χ2n) is 4.32. The fourth-order valence-corrected chi connectivity index (χ4v) is 2.11. The maximum Gasteiger partial charge on any atom is 0.212 e. The first kappa shape index (κ1) is 14.1. The van der Waals surface area contributed by atoms with Gasteiger partial charge in [0.25, 0.3) is 0 Å². The van der Waals surface area contributed by atoms with Crippen molar-refractivity contribution < 1.29 is 0 Å². The summed E-state index contributed by atoms with van der Waals surface area (Å²) in [5.74, 6) is 0. The van der Waals surface area contributed by atoms with Gasteiger partial charge in [-0.3, -0.25) is 0 Å². The number of hydrogen-bond donors (Lipinski definition) is 0. The normalized spacial score (nSPS) is 11.2. The van der Waals surface area contributed by atoms with Crippen LogP contribution in [0.4, 0.5) is 0 Å². The van der Waals surface area contributed by atoms with Crippen molar-refractivity contribution in [3.05, 3.63) is 81.1 Å². The van der Waals surface area contributed by atoms with Crippen molar-refractivity contribution in [3.63, 3.8) is 0 Å². The van der Waals surface area contributed by atoms with Crippen molar-refractivity contribution in [1.82, 2.24) is 0 Å². The number of nitrogens with zero attached hydrogens (tertiary/aromatic N) is 2. The van der Waals surface area contributed by atoms with Gasteiger partial charge in [0.15, 0.2) is 0 Å². The quantitative estimate of drug-likeness (QED) is 0.431. The van der Waals surface area contributed by atoms with E-state index in [1.165, 1.54) is 0 Å². The molecule has 0 spiro atoms. The van der Waals surface area contributed by atoms with Gasteiger partial charge < -0.3 is 0 Å². The molecule has 0 bridgehead atoms. The smallest absolute Gasteiger partial charge is 0.212 e. The molecule has 0 aliphatic heterocycles. The van der Waals surface area contributed by atoms with Crippen LogP contribution in [0.3, 0.4) is 0 Å². The third-order valence-corrected chi connectivity index (χ3v) is 3.45. The van der Waals surface area contributed by atoms with Gasteiger partial charge in [-0.1, -0.05) is 57.9 Å². The van der Waals surface area contributed by atoms with Crippen LogP contribution in [0.25, 0.3) is 16.1 Å². The van der Waals surface area contributed by atoms with Crippen LogP contribution in [-0.4, -0.2) is 0 Å². The standard InChI is InChI=1S/C17H11BrN2/c1-12-3-5-14(6-4-12)17(20-2)16(11-19)13-7-9-15(18)10-8-13/h3-10H,1H3/b17-16+. The highest BCUT2D eigenvalue weighted by Crippen LogP contribution is 2.28. The summed E-state index contributed by atoms with van der Waals surface area (Å²) < 4.78 is 0.943. The van der Waals surface area contributed by atoms with Crippen molar-refractivity contribution in [1.29, 1.82) is 5.26 Å². The Morgan fingerprint density at radius 2 is 1.60 bits per heavy atom. The highest BCUT2D eigenvalue weighted by molar-refractivity contribution is 9.10. The van der Waals surface area contributed by atoms with E-state index in [4.69, 9.17) is 6.57 Å². The number of halogens is 1. The van der Waals surface area contributed by atoms with E-state index in [0.29, 0.717) is 11.3 Å². The molecule has 2 aromatic carbocycles. The molecule has 0 heterocycles. The van der Waals surface area contributed by atoms with E-state index in [-0.39, 0.29) is 0 Å². The van der Waals surface area contributed by atoms with E-state index < -0.39 is 0 Å². The number of allylic oxidation sites excluding steroid dienone is 1. The first-order valence-electron chi connectivity index (χ1n) is 6.00. The minimum atomic E-state index is 0.384. The average Bonchev–Trinajstić information content (AvgIpc) is 2.47. The van der Waals surface area contributed by atoms with Gasteiger partial charge in [0.1, 0.15) is 0 Å². The lowest BCUT2D eigenvalue weighted by atomic mass is 10.0. The number of nitriles is 1. The molecule has 0 aromatic heterocycles. The van der Waals surface area contributed by atoms with Crippen molar-refractivity contribution in [2.24, 2.45) is 0 Å². The van der Waals surface area contributed by atoms with Crippen molar-refractivity contribution in [3.8, 4) is 6.07 Å². The molecular weight excluding hydrogens is 312 g/mol. The number of hydrogen-bond acceptors (Lipinski definition) is 1. The predicted molar refractivity (Wildman–Crippen MR) is 84.4 cm³/mol. The molecule has 0 saturated carbocycles. The first-order valence-corrected chi connectivity index (χ1v) is 6.80. The third-order valence-electron chi connectivity index (χ3n) is 2.92. The van der Waals surface area contributed by atoms with Crippen LogP contribution in [0.15, 0.2) is 53.0 Å². The molecule has 20 heavy (non-hydrogen) atoms. The fourth-order valence-electron chi connectivity index (χ4n) is 1.85. The van der Waals surface area contributed by atoms with Gasteiger partial charge in [-0.25, -0.2) is 4.85 Å². The second kappa shape index (κ2) is 6.19. The van der Waals surface area contributed by atoms with E-state index in [1.807, 2.05) is 55.5 Å². The monoisotopic (exact) mass is 322 g/mol. The number of rotatable bonds is 2. The minimum absolute atomic E-state index is 0.384. The summed E-state index contributed by atoms with van der Waals surface area (Å²) in [6, 6.07) is 17.2. The van der Waals surface area contributed by atoms with Crippen LogP contribution < -0.4 is 0 Å². The molecule has 0 atom stereocenters. The molecule has 0 aliphatic carbocycles. The van der Waals surface area contributed by atoms with Crippen LogP contribution in [0, 0.1) is 24.8 Å². The number of benzene rings is 2. The largest absolute Gasteiger partial charge is 0.236 e. The first-order chi connectivity index (χ1) is 9.65. The van der Waals surface area contributed by atoms with Crippen LogP contribution in [0.2, 0.25) is 0 Å². The summed E-state index contributed by atoms with van der Waals surface area (Å²) in [6.07, 6.45) is 0. The predicted octanol–water partition coefficient (Wildman–Crippen LogP) is 5.07. The van der Waals surface area contributed by atoms with Gasteiger partial charge in [-0.2, -0.15) is 5.26 Å². The maximum absolute atomic E-state index is 9.40. The van der Waals surface area contributed by atoms with E-state index in [0.717, 1.165) is 21.2 Å². The zero-order valence-electron chi connectivity index (χ0n) is 10.9. The Morgan fingerprint density at radius 1 is 1.05 bits per heavy atom. The van der Waals surface area contributed by atoms with E-state index in [9.17, 15) is 5.26 Å². The molecular formula is C17H11BrN2.